The van der Waals surface area contributed by atoms with Crippen LogP contribution in [0.4, 0.5) is 0 Å². The lowest BCUT2D eigenvalue weighted by Gasteiger charge is -2.12. The van der Waals surface area contributed by atoms with Gasteiger partial charge in [0.05, 0.1) is 20.5 Å². The number of aryl methyl sites for hydroxylation is 1. The molecule has 0 bridgehead atoms. The summed E-state index contributed by atoms with van der Waals surface area (Å²) in [6, 6.07) is 11.6. The number of thiophene rings is 1. The van der Waals surface area contributed by atoms with Crippen LogP contribution in [-0.4, -0.2) is 20.9 Å². The second-order valence-electron chi connectivity index (χ2n) is 7.13. The van der Waals surface area contributed by atoms with Crippen LogP contribution in [0.15, 0.2) is 42.2 Å². The molecule has 148 valence electrons. The molecule has 6 heteroatoms. The Hall–Kier alpha value is -2.50. The van der Waals surface area contributed by atoms with Gasteiger partial charge in [0.2, 0.25) is 0 Å². The molecule has 0 radical (unpaired) electrons. The second-order valence-corrected chi connectivity index (χ2v) is 8.85. The maximum Gasteiger partial charge on any atom is 0.169 e. The van der Waals surface area contributed by atoms with Crippen LogP contribution in [0.5, 0.6) is 0 Å². The number of allylic oxidation sites excluding steroid dienone is 2. The Kier molecular flexibility index (Phi) is 5.52. The average Bonchev–Trinajstić information content (AvgIpc) is 3.28. The minimum atomic E-state index is 0.00851. The monoisotopic (exact) mass is 424 g/mol. The van der Waals surface area contributed by atoms with E-state index in [1.54, 1.807) is 0 Å². The highest BCUT2D eigenvalue weighted by atomic mass is 35.5. The highest BCUT2D eigenvalue weighted by molar-refractivity contribution is 7.19. The number of aliphatic hydroxyl groups excluding tert-OH is 1. The van der Waals surface area contributed by atoms with E-state index in [2.05, 4.69) is 11.9 Å². The Bertz CT molecular complexity index is 1120. The first kappa shape index (κ1) is 19.8. The molecular formula is C23H21ClN2O2S. The van der Waals surface area contributed by atoms with Gasteiger partial charge in [0.15, 0.2) is 11.6 Å². The summed E-state index contributed by atoms with van der Waals surface area (Å²) in [6.07, 6.45) is 2.36. The van der Waals surface area contributed by atoms with Crippen molar-refractivity contribution in [1.82, 2.24) is 9.97 Å². The Morgan fingerprint density at radius 2 is 1.86 bits per heavy atom. The standard InChI is InChI=1S/C23H21ClN2O2S/c1-3-16-13(2)25-23(20-10-11-21(24)29-20)26-17(16)12-14-4-6-15(7-5-14)22-18(27)8-9-19(22)28/h4-7,10-11,27H,3,8-9,12H2,1-2H3. The molecule has 0 spiro atoms. The summed E-state index contributed by atoms with van der Waals surface area (Å²) in [5.74, 6) is 0.908. The summed E-state index contributed by atoms with van der Waals surface area (Å²) in [5.41, 5.74) is 5.48. The van der Waals surface area contributed by atoms with Crippen molar-refractivity contribution in [1.29, 1.82) is 0 Å². The van der Waals surface area contributed by atoms with Crippen LogP contribution in [0.25, 0.3) is 16.3 Å². The predicted octanol–water partition coefficient (Wildman–Crippen LogP) is 5.95. The number of carbonyl (C=O) groups excluding carboxylic acids is 1. The summed E-state index contributed by atoms with van der Waals surface area (Å²) >= 11 is 7.56. The molecule has 0 saturated carbocycles. The molecule has 29 heavy (non-hydrogen) atoms. The maximum atomic E-state index is 12.0. The summed E-state index contributed by atoms with van der Waals surface area (Å²) in [4.78, 5) is 22.5. The van der Waals surface area contributed by atoms with Crippen molar-refractivity contribution in [2.75, 3.05) is 0 Å². The van der Waals surface area contributed by atoms with Gasteiger partial charge in [-0.15, -0.1) is 11.3 Å². The van der Waals surface area contributed by atoms with Crippen molar-refractivity contribution in [2.45, 2.75) is 39.5 Å². The van der Waals surface area contributed by atoms with Crippen molar-refractivity contribution < 1.29 is 9.90 Å². The van der Waals surface area contributed by atoms with E-state index in [4.69, 9.17) is 16.6 Å². The first-order valence-electron chi connectivity index (χ1n) is 9.63. The topological polar surface area (TPSA) is 63.1 Å². The van der Waals surface area contributed by atoms with Gasteiger partial charge in [-0.05, 0) is 42.2 Å². The zero-order valence-corrected chi connectivity index (χ0v) is 17.9. The lowest BCUT2D eigenvalue weighted by molar-refractivity contribution is -0.113. The van der Waals surface area contributed by atoms with Crippen LogP contribution in [0, 0.1) is 6.92 Å². The van der Waals surface area contributed by atoms with Crippen molar-refractivity contribution in [3.05, 3.63) is 74.6 Å². The molecule has 0 unspecified atom stereocenters. The predicted molar refractivity (Wildman–Crippen MR) is 118 cm³/mol. The largest absolute Gasteiger partial charge is 0.512 e. The third kappa shape index (κ3) is 3.98. The SMILES string of the molecule is CCc1c(C)nc(-c2ccc(Cl)s2)nc1Cc1ccc(C2=C(O)CCC2=O)cc1. The quantitative estimate of drug-likeness (QED) is 0.549. The third-order valence-corrected chi connectivity index (χ3v) is 6.44. The van der Waals surface area contributed by atoms with E-state index < -0.39 is 0 Å². The van der Waals surface area contributed by atoms with Gasteiger partial charge >= 0.3 is 0 Å². The first-order valence-corrected chi connectivity index (χ1v) is 10.8. The second kappa shape index (κ2) is 8.09. The van der Waals surface area contributed by atoms with Gasteiger partial charge in [0.1, 0.15) is 5.76 Å². The minimum Gasteiger partial charge on any atom is -0.512 e. The number of carbonyl (C=O) groups is 1. The van der Waals surface area contributed by atoms with E-state index in [1.807, 2.05) is 43.3 Å². The van der Waals surface area contributed by atoms with Crippen molar-refractivity contribution in [2.24, 2.45) is 0 Å². The number of ketones is 1. The van der Waals surface area contributed by atoms with Crippen molar-refractivity contribution in [3.63, 3.8) is 0 Å². The van der Waals surface area contributed by atoms with E-state index in [-0.39, 0.29) is 11.5 Å². The molecular weight excluding hydrogens is 404 g/mol. The van der Waals surface area contributed by atoms with Gasteiger partial charge in [0, 0.05) is 25.0 Å². The van der Waals surface area contributed by atoms with Gasteiger partial charge < -0.3 is 5.11 Å². The van der Waals surface area contributed by atoms with E-state index in [9.17, 15) is 9.90 Å². The van der Waals surface area contributed by atoms with E-state index in [1.165, 1.54) is 11.3 Å². The van der Waals surface area contributed by atoms with Gasteiger partial charge in [-0.2, -0.15) is 0 Å². The summed E-state index contributed by atoms with van der Waals surface area (Å²) in [6.45, 7) is 4.13. The van der Waals surface area contributed by atoms with Gasteiger partial charge in [-0.25, -0.2) is 9.97 Å². The molecule has 4 rings (SSSR count). The van der Waals surface area contributed by atoms with E-state index >= 15 is 0 Å². The molecule has 1 aromatic carbocycles. The van der Waals surface area contributed by atoms with Crippen LogP contribution >= 0.6 is 22.9 Å². The Morgan fingerprint density at radius 1 is 1.10 bits per heavy atom. The van der Waals surface area contributed by atoms with E-state index in [0.29, 0.717) is 30.7 Å². The molecule has 1 N–H and O–H groups in total. The summed E-state index contributed by atoms with van der Waals surface area (Å²) in [7, 11) is 0. The number of hydrogen-bond acceptors (Lipinski definition) is 5. The van der Waals surface area contributed by atoms with Crippen LogP contribution in [0.1, 0.15) is 47.8 Å². The molecule has 0 atom stereocenters. The number of halogens is 1. The summed E-state index contributed by atoms with van der Waals surface area (Å²) < 4.78 is 0.719. The smallest absolute Gasteiger partial charge is 0.169 e. The van der Waals surface area contributed by atoms with Crippen LogP contribution in [0.3, 0.4) is 0 Å². The molecule has 2 aromatic heterocycles. The zero-order chi connectivity index (χ0) is 20.5. The van der Waals surface area contributed by atoms with E-state index in [0.717, 1.165) is 43.7 Å². The van der Waals surface area contributed by atoms with Crippen molar-refractivity contribution in [3.8, 4) is 10.7 Å². The molecule has 1 aliphatic rings. The zero-order valence-electron chi connectivity index (χ0n) is 16.3. The molecule has 1 aliphatic carbocycles. The fraction of sp³-hybridized carbons (Fsp3) is 0.261. The number of aromatic nitrogens is 2. The van der Waals surface area contributed by atoms with Gasteiger partial charge in [-0.3, -0.25) is 4.79 Å². The fourth-order valence-electron chi connectivity index (χ4n) is 3.76. The van der Waals surface area contributed by atoms with Gasteiger partial charge in [-0.1, -0.05) is 42.8 Å². The number of rotatable bonds is 5. The number of aliphatic hydroxyl groups is 1. The Morgan fingerprint density at radius 3 is 2.45 bits per heavy atom. The number of Topliss-reactive ketones (excluding diaryl/α,β-unsaturated/α-hetero) is 1. The molecule has 2 heterocycles. The van der Waals surface area contributed by atoms with Gasteiger partial charge in [0.25, 0.3) is 0 Å². The number of nitrogens with zero attached hydrogens (tertiary/aromatic N) is 2. The normalized spacial score (nSPS) is 14.1. The highest BCUT2D eigenvalue weighted by Gasteiger charge is 2.24. The molecule has 0 aliphatic heterocycles. The number of benzene rings is 1. The van der Waals surface area contributed by atoms with Crippen molar-refractivity contribution >= 4 is 34.3 Å². The Labute approximate surface area is 178 Å². The fourth-order valence-corrected chi connectivity index (χ4v) is 4.74. The molecule has 3 aromatic rings. The third-order valence-electron chi connectivity index (χ3n) is 5.22. The first-order chi connectivity index (χ1) is 14.0. The molecule has 0 fully saturated rings. The van der Waals surface area contributed by atoms with Crippen LogP contribution in [0.2, 0.25) is 4.34 Å². The minimum absolute atomic E-state index is 0.00851. The number of hydrogen-bond donors (Lipinski definition) is 1. The maximum absolute atomic E-state index is 12.0. The molecule has 4 nitrogen and oxygen atoms in total. The highest BCUT2D eigenvalue weighted by Crippen LogP contribution is 2.31. The van der Waals surface area contributed by atoms with Crippen LogP contribution < -0.4 is 0 Å². The lowest BCUT2D eigenvalue weighted by atomic mass is 9.98. The van der Waals surface area contributed by atoms with Crippen LogP contribution in [-0.2, 0) is 17.6 Å². The molecule has 0 amide bonds. The Balaban J connectivity index is 1.66. The average molecular weight is 425 g/mol. The summed E-state index contributed by atoms with van der Waals surface area (Å²) in [5, 5.41) is 9.99. The lowest BCUT2D eigenvalue weighted by Crippen LogP contribution is -2.06. The molecule has 0 saturated heterocycles.